The highest BCUT2D eigenvalue weighted by Gasteiger charge is 2.31. The van der Waals surface area contributed by atoms with Crippen LogP contribution in [0, 0.1) is 0 Å². The average molecular weight is 356 g/mol. The fourth-order valence-electron chi connectivity index (χ4n) is 2.45. The zero-order valence-electron chi connectivity index (χ0n) is 13.2. The molecule has 126 valence electrons. The molecule has 1 aliphatic rings. The first-order valence-corrected chi connectivity index (χ1v) is 9.18. The third-order valence-corrected chi connectivity index (χ3v) is 5.01. The van der Waals surface area contributed by atoms with Crippen LogP contribution in [0.4, 0.5) is 4.79 Å². The third-order valence-electron chi connectivity index (χ3n) is 3.66. The van der Waals surface area contributed by atoms with Gasteiger partial charge in [0.25, 0.3) is 0 Å². The van der Waals surface area contributed by atoms with Crippen LogP contribution >= 0.6 is 23.4 Å². The Balaban J connectivity index is 1.68. The number of nitrogens with zero attached hydrogens (tertiary/aromatic N) is 1. The number of carbonyl (C=O) groups is 2. The van der Waals surface area contributed by atoms with Crippen LogP contribution < -0.4 is 10.6 Å². The molecule has 7 heteroatoms. The number of piperazine rings is 1. The van der Waals surface area contributed by atoms with Crippen LogP contribution in [0.15, 0.2) is 29.2 Å². The molecule has 23 heavy (non-hydrogen) atoms. The summed E-state index contributed by atoms with van der Waals surface area (Å²) in [5.41, 5.74) is 0. The summed E-state index contributed by atoms with van der Waals surface area (Å²) in [5, 5.41) is 6.43. The number of halogens is 1. The molecular formula is C16H22ClN3O2S. The molecule has 0 unspecified atom stereocenters. The van der Waals surface area contributed by atoms with Crippen molar-refractivity contribution in [2.75, 3.05) is 25.4 Å². The molecule has 0 aromatic heterocycles. The maximum Gasteiger partial charge on any atom is 0.318 e. The Morgan fingerprint density at radius 2 is 2.17 bits per heavy atom. The highest BCUT2D eigenvalue weighted by Crippen LogP contribution is 2.20. The van der Waals surface area contributed by atoms with Crippen molar-refractivity contribution in [1.29, 1.82) is 0 Å². The monoisotopic (exact) mass is 355 g/mol. The van der Waals surface area contributed by atoms with E-state index in [0.717, 1.165) is 17.2 Å². The largest absolute Gasteiger partial charge is 0.353 e. The van der Waals surface area contributed by atoms with E-state index in [1.165, 1.54) is 4.90 Å². The first kappa shape index (κ1) is 17.9. The van der Waals surface area contributed by atoms with E-state index in [1.807, 2.05) is 31.2 Å². The molecule has 0 bridgehead atoms. The van der Waals surface area contributed by atoms with Gasteiger partial charge in [0.1, 0.15) is 6.04 Å². The van der Waals surface area contributed by atoms with Gasteiger partial charge in [-0.05, 0) is 42.9 Å². The SMILES string of the molecule is CC[C@H]1C(=O)NCCN1C(=O)NCCCSc1ccc(Cl)cc1. The van der Waals surface area contributed by atoms with Crippen molar-refractivity contribution in [1.82, 2.24) is 15.5 Å². The summed E-state index contributed by atoms with van der Waals surface area (Å²) in [6, 6.07) is 7.22. The lowest BCUT2D eigenvalue weighted by atomic mass is 10.1. The summed E-state index contributed by atoms with van der Waals surface area (Å²) in [6.07, 6.45) is 1.50. The van der Waals surface area contributed by atoms with Crippen LogP contribution in [0.2, 0.25) is 5.02 Å². The number of thioether (sulfide) groups is 1. The van der Waals surface area contributed by atoms with Crippen molar-refractivity contribution in [2.24, 2.45) is 0 Å². The van der Waals surface area contributed by atoms with E-state index >= 15 is 0 Å². The van der Waals surface area contributed by atoms with Crippen LogP contribution in [0.25, 0.3) is 0 Å². The van der Waals surface area contributed by atoms with E-state index in [1.54, 1.807) is 16.7 Å². The lowest BCUT2D eigenvalue weighted by Gasteiger charge is -2.34. The standard InChI is InChI=1S/C16H22ClN3O2S/c1-2-14-15(21)18-9-10-20(14)16(22)19-8-3-11-23-13-6-4-12(17)5-7-13/h4-7,14H,2-3,8-11H2,1H3,(H,18,21)(H,19,22)/t14-/m0/s1. The smallest absolute Gasteiger partial charge is 0.318 e. The molecule has 2 rings (SSSR count). The van der Waals surface area contributed by atoms with Gasteiger partial charge in [-0.25, -0.2) is 4.79 Å². The van der Waals surface area contributed by atoms with Gasteiger partial charge in [0.05, 0.1) is 0 Å². The van der Waals surface area contributed by atoms with Gasteiger partial charge in [0.15, 0.2) is 0 Å². The van der Waals surface area contributed by atoms with E-state index in [2.05, 4.69) is 10.6 Å². The summed E-state index contributed by atoms with van der Waals surface area (Å²) in [7, 11) is 0. The van der Waals surface area contributed by atoms with E-state index < -0.39 is 0 Å². The Morgan fingerprint density at radius 3 is 2.87 bits per heavy atom. The molecule has 5 nitrogen and oxygen atoms in total. The van der Waals surface area contributed by atoms with Gasteiger partial charge in [-0.3, -0.25) is 4.79 Å². The number of carbonyl (C=O) groups excluding carboxylic acids is 2. The van der Waals surface area contributed by atoms with Gasteiger partial charge in [-0.1, -0.05) is 18.5 Å². The lowest BCUT2D eigenvalue weighted by Crippen LogP contribution is -2.59. The summed E-state index contributed by atoms with van der Waals surface area (Å²) in [6.45, 7) is 3.61. The van der Waals surface area contributed by atoms with Crippen molar-refractivity contribution in [3.63, 3.8) is 0 Å². The zero-order valence-corrected chi connectivity index (χ0v) is 14.8. The number of hydrogen-bond donors (Lipinski definition) is 2. The number of nitrogens with one attached hydrogen (secondary N) is 2. The number of amides is 3. The fraction of sp³-hybridized carbons (Fsp3) is 0.500. The Bertz CT molecular complexity index is 539. The Hall–Kier alpha value is -1.40. The van der Waals surface area contributed by atoms with Crippen LogP contribution in [0.5, 0.6) is 0 Å². The lowest BCUT2D eigenvalue weighted by molar-refractivity contribution is -0.127. The summed E-state index contributed by atoms with van der Waals surface area (Å²) < 4.78 is 0. The van der Waals surface area contributed by atoms with E-state index in [4.69, 9.17) is 11.6 Å². The van der Waals surface area contributed by atoms with Crippen molar-refractivity contribution < 1.29 is 9.59 Å². The van der Waals surface area contributed by atoms with Crippen molar-refractivity contribution in [2.45, 2.75) is 30.7 Å². The van der Waals surface area contributed by atoms with E-state index in [9.17, 15) is 9.59 Å². The molecule has 0 radical (unpaired) electrons. The van der Waals surface area contributed by atoms with Gasteiger partial charge < -0.3 is 15.5 Å². The summed E-state index contributed by atoms with van der Waals surface area (Å²) in [4.78, 5) is 26.7. The molecule has 1 aromatic carbocycles. The van der Waals surface area contributed by atoms with Crippen LogP contribution in [0.1, 0.15) is 19.8 Å². The van der Waals surface area contributed by atoms with Gasteiger partial charge >= 0.3 is 6.03 Å². The van der Waals surface area contributed by atoms with E-state index in [-0.39, 0.29) is 18.0 Å². The molecule has 0 saturated carbocycles. The highest BCUT2D eigenvalue weighted by atomic mass is 35.5. The molecular weight excluding hydrogens is 334 g/mol. The maximum atomic E-state index is 12.2. The fourth-order valence-corrected chi connectivity index (χ4v) is 3.43. The normalized spacial score (nSPS) is 17.7. The molecule has 2 N–H and O–H groups in total. The topological polar surface area (TPSA) is 61.4 Å². The first-order valence-electron chi connectivity index (χ1n) is 7.82. The predicted octanol–water partition coefficient (Wildman–Crippen LogP) is 2.74. The highest BCUT2D eigenvalue weighted by molar-refractivity contribution is 7.99. The minimum Gasteiger partial charge on any atom is -0.353 e. The van der Waals surface area contributed by atoms with E-state index in [0.29, 0.717) is 26.1 Å². The molecule has 1 atom stereocenters. The number of rotatable bonds is 6. The summed E-state index contributed by atoms with van der Waals surface area (Å²) >= 11 is 7.58. The zero-order chi connectivity index (χ0) is 16.7. The van der Waals surface area contributed by atoms with Gasteiger partial charge in [-0.2, -0.15) is 0 Å². The second-order valence-corrected chi connectivity index (χ2v) is 6.90. The Morgan fingerprint density at radius 1 is 1.43 bits per heavy atom. The second-order valence-electron chi connectivity index (χ2n) is 5.30. The average Bonchev–Trinajstić information content (AvgIpc) is 2.55. The summed E-state index contributed by atoms with van der Waals surface area (Å²) in [5.74, 6) is 0.853. The second kappa shape index (κ2) is 9.03. The Kier molecular flexibility index (Phi) is 7.05. The molecule has 0 aliphatic carbocycles. The molecule has 1 fully saturated rings. The van der Waals surface area contributed by atoms with Crippen molar-refractivity contribution in [3.05, 3.63) is 29.3 Å². The number of hydrogen-bond acceptors (Lipinski definition) is 3. The number of benzene rings is 1. The minimum atomic E-state index is -0.354. The van der Waals surface area contributed by atoms with Gasteiger partial charge in [0.2, 0.25) is 5.91 Å². The third kappa shape index (κ3) is 5.32. The van der Waals surface area contributed by atoms with Crippen molar-refractivity contribution >= 4 is 35.3 Å². The molecule has 1 aromatic rings. The molecule has 1 saturated heterocycles. The first-order chi connectivity index (χ1) is 11.1. The van der Waals surface area contributed by atoms with Crippen LogP contribution in [-0.4, -0.2) is 48.3 Å². The molecule has 0 spiro atoms. The molecule has 1 heterocycles. The van der Waals surface area contributed by atoms with Gasteiger partial charge in [0, 0.05) is 29.6 Å². The maximum absolute atomic E-state index is 12.2. The molecule has 1 aliphatic heterocycles. The molecule has 3 amide bonds. The van der Waals surface area contributed by atoms with Crippen LogP contribution in [0.3, 0.4) is 0 Å². The Labute approximate surface area is 146 Å². The van der Waals surface area contributed by atoms with Crippen LogP contribution in [-0.2, 0) is 4.79 Å². The quantitative estimate of drug-likeness (QED) is 0.609. The minimum absolute atomic E-state index is 0.0628. The van der Waals surface area contributed by atoms with Gasteiger partial charge in [-0.15, -0.1) is 11.8 Å². The number of urea groups is 1. The predicted molar refractivity (Wildman–Crippen MR) is 94.0 cm³/mol. The van der Waals surface area contributed by atoms with Crippen molar-refractivity contribution in [3.8, 4) is 0 Å².